The Kier molecular flexibility index (Phi) is 9.42. The van der Waals surface area contributed by atoms with Crippen molar-refractivity contribution in [2.24, 2.45) is 0 Å². The van der Waals surface area contributed by atoms with Gasteiger partial charge in [-0.05, 0) is 52.8 Å². The number of hydrogen-bond donors (Lipinski definition) is 3. The first-order chi connectivity index (χ1) is 17.9. The molecule has 9 nitrogen and oxygen atoms in total. The molecule has 0 aliphatic carbocycles. The SMILES string of the molecule is CCSN1CCCC(Nc2nc(-c3cccc(OCC(O)CNC)c3)nc(-c3c(C)noc3C)c2C)C1. The van der Waals surface area contributed by atoms with E-state index in [0.29, 0.717) is 24.2 Å². The summed E-state index contributed by atoms with van der Waals surface area (Å²) in [6.45, 7) is 10.8. The summed E-state index contributed by atoms with van der Waals surface area (Å²) >= 11 is 1.89. The number of likely N-dealkylation sites (N-methyl/N-ethyl adjacent to an activating group) is 1. The van der Waals surface area contributed by atoms with Gasteiger partial charge in [-0.15, -0.1) is 0 Å². The van der Waals surface area contributed by atoms with Gasteiger partial charge in [-0.2, -0.15) is 0 Å². The van der Waals surface area contributed by atoms with Crippen LogP contribution in [0, 0.1) is 20.8 Å². The highest BCUT2D eigenvalue weighted by atomic mass is 32.2. The number of piperidine rings is 1. The molecule has 0 amide bonds. The van der Waals surface area contributed by atoms with Gasteiger partial charge >= 0.3 is 0 Å². The fourth-order valence-corrected chi connectivity index (χ4v) is 5.52. The number of anilines is 1. The van der Waals surface area contributed by atoms with E-state index in [1.165, 1.54) is 0 Å². The van der Waals surface area contributed by atoms with Crippen molar-refractivity contribution < 1.29 is 14.4 Å². The van der Waals surface area contributed by atoms with Crippen LogP contribution in [0.1, 0.15) is 36.8 Å². The predicted octanol–water partition coefficient (Wildman–Crippen LogP) is 4.23. The first kappa shape index (κ1) is 27.4. The van der Waals surface area contributed by atoms with Crippen LogP contribution in [0.25, 0.3) is 22.6 Å². The van der Waals surface area contributed by atoms with Crippen LogP contribution in [0.3, 0.4) is 0 Å². The standard InChI is InChI=1S/C27H38N6O3S/c1-6-37-33-12-8-10-21(15-33)29-26-17(2)25(24-18(3)32-36-19(24)4)30-27(31-26)20-9-7-11-23(13-20)35-16-22(34)14-28-5/h7,9,11,13,21-22,28,34H,6,8,10,12,14-16H2,1-5H3,(H,29,30,31). The van der Waals surface area contributed by atoms with Crippen LogP contribution in [0.15, 0.2) is 28.8 Å². The third-order valence-corrected chi connectivity index (χ3v) is 7.38. The van der Waals surface area contributed by atoms with E-state index in [9.17, 15) is 5.11 Å². The van der Waals surface area contributed by atoms with Gasteiger partial charge in [0.2, 0.25) is 0 Å². The van der Waals surface area contributed by atoms with Gasteiger partial charge in [0.1, 0.15) is 30.0 Å². The Bertz CT molecular complexity index is 1170. The zero-order valence-corrected chi connectivity index (χ0v) is 23.2. The van der Waals surface area contributed by atoms with E-state index < -0.39 is 6.10 Å². The summed E-state index contributed by atoms with van der Waals surface area (Å²) in [4.78, 5) is 9.98. The number of rotatable bonds is 11. The van der Waals surface area contributed by atoms with Crippen molar-refractivity contribution in [3.8, 4) is 28.4 Å². The van der Waals surface area contributed by atoms with Crippen LogP contribution in [-0.4, -0.2) is 75.7 Å². The van der Waals surface area contributed by atoms with Gasteiger partial charge in [-0.3, -0.25) is 0 Å². The average molecular weight is 527 g/mol. The molecule has 2 aromatic heterocycles. The van der Waals surface area contributed by atoms with Crippen molar-refractivity contribution in [1.82, 2.24) is 24.7 Å². The van der Waals surface area contributed by atoms with Gasteiger partial charge in [-0.25, -0.2) is 14.3 Å². The Hall–Kier alpha value is -2.66. The lowest BCUT2D eigenvalue weighted by atomic mass is 10.0. The summed E-state index contributed by atoms with van der Waals surface area (Å²) in [5.74, 6) is 3.88. The largest absolute Gasteiger partial charge is 0.491 e. The lowest BCUT2D eigenvalue weighted by Gasteiger charge is -2.32. The van der Waals surface area contributed by atoms with E-state index in [0.717, 1.165) is 71.3 Å². The van der Waals surface area contributed by atoms with Gasteiger partial charge in [0.25, 0.3) is 0 Å². The minimum Gasteiger partial charge on any atom is -0.491 e. The quantitative estimate of drug-likeness (QED) is 0.314. The van der Waals surface area contributed by atoms with Crippen LogP contribution in [0.5, 0.6) is 5.75 Å². The van der Waals surface area contributed by atoms with E-state index in [2.05, 4.69) is 33.9 Å². The zero-order chi connectivity index (χ0) is 26.4. The summed E-state index contributed by atoms with van der Waals surface area (Å²) in [7, 11) is 1.80. The molecule has 3 heterocycles. The van der Waals surface area contributed by atoms with Crippen molar-refractivity contribution >= 4 is 17.8 Å². The Morgan fingerprint density at radius 2 is 2.11 bits per heavy atom. The van der Waals surface area contributed by atoms with E-state index in [-0.39, 0.29) is 6.61 Å². The molecule has 0 saturated carbocycles. The topological polar surface area (TPSA) is 109 Å². The molecule has 3 N–H and O–H groups in total. The van der Waals surface area contributed by atoms with Crippen LogP contribution < -0.4 is 15.4 Å². The molecular formula is C27H38N6O3S. The van der Waals surface area contributed by atoms with Gasteiger partial charge in [0, 0.05) is 42.6 Å². The number of hydrogen-bond acceptors (Lipinski definition) is 10. The second-order valence-electron chi connectivity index (χ2n) is 9.41. The summed E-state index contributed by atoms with van der Waals surface area (Å²) in [6, 6.07) is 7.98. The Morgan fingerprint density at radius 1 is 1.27 bits per heavy atom. The lowest BCUT2D eigenvalue weighted by Crippen LogP contribution is -2.39. The third-order valence-electron chi connectivity index (χ3n) is 6.43. The molecule has 3 aromatic rings. The number of aliphatic hydroxyl groups is 1. The maximum absolute atomic E-state index is 10.0. The number of aliphatic hydroxyl groups excluding tert-OH is 1. The highest BCUT2D eigenvalue weighted by Crippen LogP contribution is 2.34. The predicted molar refractivity (Wildman–Crippen MR) is 149 cm³/mol. The molecule has 0 bridgehead atoms. The van der Waals surface area contributed by atoms with Gasteiger partial charge in [-0.1, -0.05) is 36.2 Å². The molecular weight excluding hydrogens is 488 g/mol. The average Bonchev–Trinajstić information content (AvgIpc) is 3.22. The van der Waals surface area contributed by atoms with Crippen molar-refractivity contribution in [2.75, 3.05) is 44.4 Å². The second-order valence-corrected chi connectivity index (χ2v) is 10.8. The minimum absolute atomic E-state index is 0.199. The summed E-state index contributed by atoms with van der Waals surface area (Å²) in [6.07, 6.45) is 1.66. The van der Waals surface area contributed by atoms with Crippen molar-refractivity contribution in [1.29, 1.82) is 0 Å². The Balaban J connectivity index is 1.69. The van der Waals surface area contributed by atoms with Crippen LogP contribution >= 0.6 is 11.9 Å². The molecule has 2 unspecified atom stereocenters. The smallest absolute Gasteiger partial charge is 0.162 e. The van der Waals surface area contributed by atoms with Gasteiger partial charge in [0.05, 0.1) is 17.0 Å². The molecule has 2 atom stereocenters. The molecule has 4 rings (SSSR count). The van der Waals surface area contributed by atoms with E-state index in [1.807, 2.05) is 50.1 Å². The molecule has 1 aliphatic heterocycles. The van der Waals surface area contributed by atoms with Crippen molar-refractivity contribution in [3.63, 3.8) is 0 Å². The number of benzene rings is 1. The molecule has 1 fully saturated rings. The maximum atomic E-state index is 10.0. The van der Waals surface area contributed by atoms with E-state index in [4.69, 9.17) is 19.2 Å². The van der Waals surface area contributed by atoms with Gasteiger partial charge in [0.15, 0.2) is 5.82 Å². The molecule has 0 radical (unpaired) electrons. The summed E-state index contributed by atoms with van der Waals surface area (Å²) in [5, 5.41) is 20.9. The number of ether oxygens (including phenoxy) is 1. The van der Waals surface area contributed by atoms with Gasteiger partial charge < -0.3 is 25.0 Å². The zero-order valence-electron chi connectivity index (χ0n) is 22.4. The number of nitrogens with zero attached hydrogens (tertiary/aromatic N) is 4. The van der Waals surface area contributed by atoms with Crippen molar-refractivity contribution in [2.45, 2.75) is 52.7 Å². The van der Waals surface area contributed by atoms with E-state index >= 15 is 0 Å². The number of aromatic nitrogens is 3. The number of nitrogens with one attached hydrogen (secondary N) is 2. The Labute approximate surface area is 223 Å². The third kappa shape index (κ3) is 6.81. The molecule has 1 saturated heterocycles. The number of aryl methyl sites for hydroxylation is 2. The summed E-state index contributed by atoms with van der Waals surface area (Å²) in [5.41, 5.74) is 4.33. The summed E-state index contributed by atoms with van der Waals surface area (Å²) < 4.78 is 13.8. The first-order valence-electron chi connectivity index (χ1n) is 12.9. The first-order valence-corrected chi connectivity index (χ1v) is 13.9. The molecule has 1 aliphatic rings. The lowest BCUT2D eigenvalue weighted by molar-refractivity contribution is 0.108. The van der Waals surface area contributed by atoms with E-state index in [1.54, 1.807) is 7.05 Å². The van der Waals surface area contributed by atoms with Crippen LogP contribution in [0.2, 0.25) is 0 Å². The normalized spacial score (nSPS) is 17.1. The van der Waals surface area contributed by atoms with Crippen LogP contribution in [0.4, 0.5) is 5.82 Å². The molecule has 1 aromatic carbocycles. The molecule has 0 spiro atoms. The minimum atomic E-state index is -0.591. The Morgan fingerprint density at radius 3 is 2.84 bits per heavy atom. The highest BCUT2D eigenvalue weighted by molar-refractivity contribution is 7.96. The maximum Gasteiger partial charge on any atom is 0.162 e. The van der Waals surface area contributed by atoms with Crippen LogP contribution in [-0.2, 0) is 0 Å². The molecule has 10 heteroatoms. The second kappa shape index (κ2) is 12.7. The molecule has 200 valence electrons. The monoisotopic (exact) mass is 526 g/mol. The fraction of sp³-hybridized carbons (Fsp3) is 0.519. The highest BCUT2D eigenvalue weighted by Gasteiger charge is 2.24. The fourth-order valence-electron chi connectivity index (χ4n) is 4.62. The van der Waals surface area contributed by atoms with Crippen molar-refractivity contribution in [3.05, 3.63) is 41.3 Å². The molecule has 37 heavy (non-hydrogen) atoms.